The molecule has 0 aromatic carbocycles. The number of nitrogens with two attached hydrogens (primary N) is 5. The molecule has 10 atom stereocenters. The molecule has 0 saturated carbocycles. The van der Waals surface area contributed by atoms with Crippen LogP contribution in [0.25, 0.3) is 0 Å². The number of hydrogen-bond donors (Lipinski definition) is 14. The molecule has 11 amide bonds. The lowest BCUT2D eigenvalue weighted by atomic mass is 10.0. The quantitative estimate of drug-likeness (QED) is 0.0169. The molecule has 31 heteroatoms. The second-order valence-electron chi connectivity index (χ2n) is 21.0. The zero-order valence-corrected chi connectivity index (χ0v) is 45.7. The van der Waals surface area contributed by atoms with Crippen molar-refractivity contribution in [1.29, 1.82) is 0 Å². The van der Waals surface area contributed by atoms with E-state index < -0.39 is 163 Å². The van der Waals surface area contributed by atoms with Crippen LogP contribution >= 0.6 is 0 Å². The smallest absolute Gasteiger partial charge is 0.326 e. The molecule has 31 nitrogen and oxygen atoms in total. The van der Waals surface area contributed by atoms with Gasteiger partial charge in [0.05, 0.1) is 25.5 Å². The average Bonchev–Trinajstić information content (AvgIpc) is 4.18. The summed E-state index contributed by atoms with van der Waals surface area (Å²) in [5.74, 6) is -13.2. The topological polar surface area (TPSA) is 507 Å². The summed E-state index contributed by atoms with van der Waals surface area (Å²) in [6.07, 6.45) is -0.789. The minimum atomic E-state index is -1.83. The van der Waals surface area contributed by atoms with Gasteiger partial charge in [-0.25, -0.2) is 4.79 Å². The number of carbonyl (C=O) groups is 13. The number of aliphatic imine (C=N–C) groups is 1. The Balaban J connectivity index is 1.85. The van der Waals surface area contributed by atoms with Crippen molar-refractivity contribution in [3.05, 3.63) is 0 Å². The van der Waals surface area contributed by atoms with Crippen molar-refractivity contribution < 1.29 is 77.6 Å². The van der Waals surface area contributed by atoms with Gasteiger partial charge in [0, 0.05) is 32.6 Å². The third-order valence-corrected chi connectivity index (χ3v) is 13.6. The Morgan fingerprint density at radius 2 is 1.01 bits per heavy atom. The number of carboxylic acid groups (broad SMARTS) is 2. The molecular formula is C49H81N15O16. The molecule has 3 aliphatic heterocycles. The highest BCUT2D eigenvalue weighted by atomic mass is 16.4. The maximum atomic E-state index is 14.7. The van der Waals surface area contributed by atoms with E-state index in [2.05, 4.69) is 36.9 Å². The SMILES string of the molecule is CC(C)C[C@H](NC(=O)[C@H](CC(=O)O)NC(=O)[C@H](CO)NC(=O)[C@@H](N)CC(C)C)C(=O)N[C@@H](CCCN=C(N)N)C(=O)N1CCC[C@H]1C(=O)N1CCC[C@H]1C(=O)N1CCC[C@H]1C(=O)N[C@@H](CCC(N)=O)C(=O)N[C@@H](CC(N)=O)C(=O)O. The molecule has 0 spiro atoms. The summed E-state index contributed by atoms with van der Waals surface area (Å²) in [6.45, 7) is 6.37. The van der Waals surface area contributed by atoms with Gasteiger partial charge in [0.25, 0.3) is 0 Å². The first-order valence-corrected chi connectivity index (χ1v) is 26.7. The first kappa shape index (κ1) is 66.6. The molecule has 0 radical (unpaired) electrons. The number of hydrogen-bond acceptors (Lipinski definition) is 16. The molecule has 0 aromatic rings. The van der Waals surface area contributed by atoms with Gasteiger partial charge in [0.1, 0.15) is 54.4 Å². The molecule has 0 unspecified atom stereocenters. The van der Waals surface area contributed by atoms with Crippen LogP contribution in [0.15, 0.2) is 4.99 Å². The van der Waals surface area contributed by atoms with Crippen LogP contribution in [-0.4, -0.2) is 206 Å². The fraction of sp³-hybridized carbons (Fsp3) is 0.714. The molecular weight excluding hydrogens is 1050 g/mol. The normalized spacial score (nSPS) is 19.6. The Kier molecular flexibility index (Phi) is 26.4. The third kappa shape index (κ3) is 20.5. The van der Waals surface area contributed by atoms with E-state index in [1.165, 1.54) is 14.7 Å². The highest BCUT2D eigenvalue weighted by Crippen LogP contribution is 2.29. The summed E-state index contributed by atoms with van der Waals surface area (Å²) >= 11 is 0. The van der Waals surface area contributed by atoms with Crippen LogP contribution in [0.3, 0.4) is 0 Å². The maximum absolute atomic E-state index is 14.7. The van der Waals surface area contributed by atoms with Crippen LogP contribution in [0.4, 0.5) is 0 Å². The largest absolute Gasteiger partial charge is 0.481 e. The van der Waals surface area contributed by atoms with E-state index in [9.17, 15) is 77.6 Å². The standard InChI is InChI=1S/C49H81N15O16/c1-24(2)19-26(50)39(70)61-32(23-65)43(74)59-30(22-38(68)69)42(73)58-29(20-25(3)4)41(72)57-28(9-5-15-55-49(53)54)45(76)63-17-7-11-34(63)47(78)64-18-8-12-35(64)46(77)62-16-6-10-33(62)44(75)56-27(13-14-36(51)66)40(71)60-31(48(79)80)21-37(52)67/h24-35,65H,5-23,50H2,1-4H3,(H2,51,66)(H2,52,67)(H,56,75)(H,57,72)(H,58,73)(H,59,74)(H,60,71)(H,61,70)(H,68,69)(H,79,80)(H4,53,54,55)/t26-,27-,28-,29-,30-,31-,32-,33-,34-,35-/m0/s1. The first-order valence-electron chi connectivity index (χ1n) is 26.7. The first-order chi connectivity index (χ1) is 37.6. The third-order valence-electron chi connectivity index (χ3n) is 13.6. The lowest BCUT2D eigenvalue weighted by Crippen LogP contribution is -2.60. The van der Waals surface area contributed by atoms with Crippen molar-refractivity contribution in [2.75, 3.05) is 32.8 Å². The number of aliphatic hydroxyl groups excluding tert-OH is 1. The van der Waals surface area contributed by atoms with E-state index >= 15 is 0 Å². The highest BCUT2D eigenvalue weighted by molar-refractivity contribution is 6.00. The number of aliphatic carboxylic acids is 2. The average molecular weight is 1140 g/mol. The second-order valence-corrected chi connectivity index (χ2v) is 21.0. The predicted molar refractivity (Wildman–Crippen MR) is 282 cm³/mol. The van der Waals surface area contributed by atoms with Gasteiger partial charge in [-0.15, -0.1) is 0 Å². The summed E-state index contributed by atoms with van der Waals surface area (Å²) in [4.78, 5) is 180. The minimum absolute atomic E-state index is 0.00539. The minimum Gasteiger partial charge on any atom is -0.481 e. The van der Waals surface area contributed by atoms with Gasteiger partial charge in [-0.3, -0.25) is 62.5 Å². The van der Waals surface area contributed by atoms with E-state index in [4.69, 9.17) is 28.7 Å². The number of aliphatic hydroxyl groups is 1. The van der Waals surface area contributed by atoms with E-state index in [1.54, 1.807) is 13.8 Å². The summed E-state index contributed by atoms with van der Waals surface area (Å²) < 4.78 is 0. The van der Waals surface area contributed by atoms with Crippen LogP contribution in [-0.2, 0) is 62.3 Å². The zero-order chi connectivity index (χ0) is 60.1. The van der Waals surface area contributed by atoms with Gasteiger partial charge >= 0.3 is 11.9 Å². The molecule has 3 aliphatic rings. The van der Waals surface area contributed by atoms with E-state index in [1.807, 2.05) is 13.8 Å². The molecule has 19 N–H and O–H groups in total. The summed E-state index contributed by atoms with van der Waals surface area (Å²) in [7, 11) is 0. The zero-order valence-electron chi connectivity index (χ0n) is 45.7. The summed E-state index contributed by atoms with van der Waals surface area (Å²) in [6, 6.07) is -14.0. The molecule has 448 valence electrons. The lowest BCUT2D eigenvalue weighted by molar-refractivity contribution is -0.151. The molecule has 3 heterocycles. The van der Waals surface area contributed by atoms with Crippen molar-refractivity contribution in [2.24, 2.45) is 45.5 Å². The molecule has 3 saturated heterocycles. The molecule has 0 aliphatic carbocycles. The maximum Gasteiger partial charge on any atom is 0.326 e. The van der Waals surface area contributed by atoms with Crippen LogP contribution < -0.4 is 60.6 Å². The lowest BCUT2D eigenvalue weighted by Gasteiger charge is -2.35. The summed E-state index contributed by atoms with van der Waals surface area (Å²) in [5, 5.41) is 43.5. The Hall–Kier alpha value is -7.70. The second kappa shape index (κ2) is 31.8. The number of nitrogens with zero attached hydrogens (tertiary/aromatic N) is 4. The number of likely N-dealkylation sites (tertiary alicyclic amines) is 3. The molecule has 3 rings (SSSR count). The van der Waals surface area contributed by atoms with E-state index in [0.717, 1.165) is 0 Å². The van der Waals surface area contributed by atoms with Crippen LogP contribution in [0.2, 0.25) is 0 Å². The number of primary amides is 2. The summed E-state index contributed by atoms with van der Waals surface area (Å²) in [5.41, 5.74) is 27.4. The van der Waals surface area contributed by atoms with Crippen molar-refractivity contribution in [3.63, 3.8) is 0 Å². The number of nitrogens with one attached hydrogen (secondary N) is 6. The Morgan fingerprint density at radius 3 is 1.54 bits per heavy atom. The van der Waals surface area contributed by atoms with Gasteiger partial charge < -0.3 is 90.6 Å². The number of carboxylic acids is 2. The number of amides is 11. The number of guanidine groups is 1. The number of carbonyl (C=O) groups excluding carboxylic acids is 11. The van der Waals surface area contributed by atoms with Crippen LogP contribution in [0.5, 0.6) is 0 Å². The van der Waals surface area contributed by atoms with Crippen molar-refractivity contribution in [3.8, 4) is 0 Å². The highest BCUT2D eigenvalue weighted by Gasteiger charge is 2.47. The van der Waals surface area contributed by atoms with E-state index in [0.29, 0.717) is 19.3 Å². The van der Waals surface area contributed by atoms with Gasteiger partial charge in [0.15, 0.2) is 5.96 Å². The fourth-order valence-electron chi connectivity index (χ4n) is 9.71. The Morgan fingerprint density at radius 1 is 0.537 bits per heavy atom. The van der Waals surface area contributed by atoms with Crippen molar-refractivity contribution >= 4 is 82.9 Å². The van der Waals surface area contributed by atoms with Gasteiger partial charge in [0.2, 0.25) is 65.0 Å². The van der Waals surface area contributed by atoms with Crippen LogP contribution in [0, 0.1) is 11.8 Å². The molecule has 80 heavy (non-hydrogen) atoms. The molecule has 0 bridgehead atoms. The molecule has 3 fully saturated rings. The van der Waals surface area contributed by atoms with Gasteiger partial charge in [-0.1, -0.05) is 27.7 Å². The van der Waals surface area contributed by atoms with Crippen molar-refractivity contribution in [2.45, 2.75) is 178 Å². The number of rotatable bonds is 32. The monoisotopic (exact) mass is 1140 g/mol. The fourth-order valence-corrected chi connectivity index (χ4v) is 9.71. The van der Waals surface area contributed by atoms with Gasteiger partial charge in [-0.05, 0) is 82.5 Å². The predicted octanol–water partition coefficient (Wildman–Crippen LogP) is -5.97. The van der Waals surface area contributed by atoms with Crippen LogP contribution in [0.1, 0.15) is 118 Å². The Labute approximate surface area is 462 Å². The van der Waals surface area contributed by atoms with E-state index in [-0.39, 0.29) is 95.3 Å². The van der Waals surface area contributed by atoms with Crippen molar-refractivity contribution in [1.82, 2.24) is 46.6 Å². The van der Waals surface area contributed by atoms with Gasteiger partial charge in [-0.2, -0.15) is 0 Å². The molecule has 0 aromatic heterocycles. The Bertz CT molecular complexity index is 2320.